The largest absolute Gasteiger partial charge is 0.340 e. The maximum Gasteiger partial charge on any atom is 0.240 e. The van der Waals surface area contributed by atoms with E-state index in [1.54, 1.807) is 0 Å². The van der Waals surface area contributed by atoms with E-state index >= 15 is 0 Å². The van der Waals surface area contributed by atoms with Gasteiger partial charge >= 0.3 is 0 Å². The second kappa shape index (κ2) is 8.63. The first kappa shape index (κ1) is 19.4. The van der Waals surface area contributed by atoms with Crippen LogP contribution in [0, 0.1) is 0 Å². The number of hydrogen-bond donors (Lipinski definition) is 3. The van der Waals surface area contributed by atoms with Crippen molar-refractivity contribution in [2.75, 3.05) is 5.32 Å². The first-order valence-corrected chi connectivity index (χ1v) is 10.4. The van der Waals surface area contributed by atoms with Gasteiger partial charge in [0.15, 0.2) is 5.11 Å². The van der Waals surface area contributed by atoms with Crippen LogP contribution in [0.25, 0.3) is 21.8 Å². The second-order valence-electron chi connectivity index (χ2n) is 6.57. The highest BCUT2D eigenvalue weighted by Gasteiger charge is 2.11. The number of anilines is 1. The van der Waals surface area contributed by atoms with Crippen LogP contribution in [-0.2, 0) is 11.3 Å². The van der Waals surface area contributed by atoms with Crippen molar-refractivity contribution in [2.45, 2.75) is 13.0 Å². The summed E-state index contributed by atoms with van der Waals surface area (Å²) in [4.78, 5) is 12.3. The summed E-state index contributed by atoms with van der Waals surface area (Å²) in [6.07, 6.45) is 0.330. The van der Waals surface area contributed by atoms with E-state index in [0.29, 0.717) is 18.1 Å². The van der Waals surface area contributed by atoms with Crippen molar-refractivity contribution in [3.63, 3.8) is 0 Å². The smallest absolute Gasteiger partial charge is 0.240 e. The Morgan fingerprint density at radius 3 is 2.07 bits per heavy atom. The number of amides is 1. The Morgan fingerprint density at radius 2 is 1.45 bits per heavy atom. The van der Waals surface area contributed by atoms with E-state index in [1.807, 2.05) is 48.5 Å². The van der Waals surface area contributed by atoms with E-state index < -0.39 is 0 Å². The molecule has 0 bridgehead atoms. The van der Waals surface area contributed by atoms with Gasteiger partial charge < -0.3 is 9.88 Å². The summed E-state index contributed by atoms with van der Waals surface area (Å²) >= 11 is 8.61. The monoisotopic (exact) mass is 466 g/mol. The zero-order chi connectivity index (χ0) is 20.2. The minimum absolute atomic E-state index is 0.133. The van der Waals surface area contributed by atoms with Crippen LogP contribution in [0.4, 0.5) is 5.69 Å². The molecule has 1 heterocycles. The summed E-state index contributed by atoms with van der Waals surface area (Å²) in [5.74, 6) is -0.133. The molecule has 0 aliphatic rings. The number of aryl methyl sites for hydroxylation is 1. The SMILES string of the molecule is O=C(CCn1c2ccccc2c2ccccc21)NNC(=S)Nc1ccc(Br)cc1. The Labute approximate surface area is 182 Å². The fourth-order valence-electron chi connectivity index (χ4n) is 3.34. The number of nitrogens with zero attached hydrogens (tertiary/aromatic N) is 1. The number of halogens is 1. The van der Waals surface area contributed by atoms with E-state index in [0.717, 1.165) is 21.2 Å². The maximum atomic E-state index is 12.3. The third kappa shape index (κ3) is 4.41. The van der Waals surface area contributed by atoms with Crippen LogP contribution in [0.3, 0.4) is 0 Å². The molecule has 3 N–H and O–H groups in total. The molecule has 4 rings (SSSR count). The van der Waals surface area contributed by atoms with Gasteiger partial charge in [-0.1, -0.05) is 52.3 Å². The first-order chi connectivity index (χ1) is 14.1. The van der Waals surface area contributed by atoms with Gasteiger partial charge in [0.2, 0.25) is 5.91 Å². The van der Waals surface area contributed by atoms with Crippen molar-refractivity contribution in [1.29, 1.82) is 0 Å². The molecule has 0 aliphatic heterocycles. The molecule has 0 saturated carbocycles. The predicted molar refractivity (Wildman–Crippen MR) is 126 cm³/mol. The van der Waals surface area contributed by atoms with Gasteiger partial charge in [0.05, 0.1) is 0 Å². The number of nitrogens with one attached hydrogen (secondary N) is 3. The fraction of sp³-hybridized carbons (Fsp3) is 0.0909. The van der Waals surface area contributed by atoms with E-state index in [2.05, 4.69) is 60.9 Å². The molecule has 3 aromatic carbocycles. The van der Waals surface area contributed by atoms with E-state index in [4.69, 9.17) is 12.2 Å². The summed E-state index contributed by atoms with van der Waals surface area (Å²) in [5, 5.41) is 5.74. The molecule has 0 saturated heterocycles. The Kier molecular flexibility index (Phi) is 5.78. The molecule has 0 unspecified atom stereocenters. The Bertz CT molecular complexity index is 1130. The van der Waals surface area contributed by atoms with Gasteiger partial charge in [-0.2, -0.15) is 0 Å². The molecular formula is C22H19BrN4OS. The van der Waals surface area contributed by atoms with Crippen molar-refractivity contribution < 1.29 is 4.79 Å². The zero-order valence-electron chi connectivity index (χ0n) is 15.5. The van der Waals surface area contributed by atoms with Gasteiger partial charge in [-0.15, -0.1) is 0 Å². The molecule has 0 atom stereocenters. The molecule has 7 heteroatoms. The summed E-state index contributed by atoms with van der Waals surface area (Å²) in [7, 11) is 0. The van der Waals surface area contributed by atoms with Crippen molar-refractivity contribution in [3.05, 3.63) is 77.3 Å². The molecule has 4 aromatic rings. The topological polar surface area (TPSA) is 58.1 Å². The summed E-state index contributed by atoms with van der Waals surface area (Å²) < 4.78 is 3.17. The summed E-state index contributed by atoms with van der Waals surface area (Å²) in [6, 6.07) is 24.1. The molecule has 146 valence electrons. The van der Waals surface area contributed by atoms with Gasteiger partial charge in [-0.3, -0.25) is 15.6 Å². The highest BCUT2D eigenvalue weighted by molar-refractivity contribution is 9.10. The van der Waals surface area contributed by atoms with Gasteiger partial charge in [-0.25, -0.2) is 0 Å². The third-order valence-electron chi connectivity index (χ3n) is 4.66. The minimum Gasteiger partial charge on any atom is -0.340 e. The molecular weight excluding hydrogens is 448 g/mol. The standard InChI is InChI=1S/C22H19BrN4OS/c23-15-9-11-16(12-10-15)24-22(29)26-25-21(28)13-14-27-19-7-3-1-5-17(19)18-6-2-4-8-20(18)27/h1-12H,13-14H2,(H,25,28)(H2,24,26,29). The Balaban J connectivity index is 1.37. The van der Waals surface area contributed by atoms with Gasteiger partial charge in [0.1, 0.15) is 0 Å². The van der Waals surface area contributed by atoms with Crippen LogP contribution < -0.4 is 16.2 Å². The third-order valence-corrected chi connectivity index (χ3v) is 5.39. The number of carbonyl (C=O) groups is 1. The van der Waals surface area contributed by atoms with Crippen LogP contribution in [0.5, 0.6) is 0 Å². The average Bonchev–Trinajstić information content (AvgIpc) is 3.06. The van der Waals surface area contributed by atoms with Crippen molar-refractivity contribution in [2.24, 2.45) is 0 Å². The van der Waals surface area contributed by atoms with Gasteiger partial charge in [0.25, 0.3) is 0 Å². The summed E-state index contributed by atoms with van der Waals surface area (Å²) in [5.41, 5.74) is 8.50. The molecule has 1 aromatic heterocycles. The number of hydrazine groups is 1. The second-order valence-corrected chi connectivity index (χ2v) is 7.89. The van der Waals surface area contributed by atoms with Crippen molar-refractivity contribution >= 4 is 66.7 Å². The molecule has 0 spiro atoms. The average molecular weight is 467 g/mol. The number of hydrogen-bond acceptors (Lipinski definition) is 2. The number of thiocarbonyl (C=S) groups is 1. The number of carbonyl (C=O) groups excluding carboxylic acids is 1. The lowest BCUT2D eigenvalue weighted by atomic mass is 10.2. The molecule has 0 fully saturated rings. The van der Waals surface area contributed by atoms with Crippen LogP contribution in [-0.4, -0.2) is 15.6 Å². The predicted octanol–water partition coefficient (Wildman–Crippen LogP) is 4.96. The van der Waals surface area contributed by atoms with Crippen LogP contribution in [0.2, 0.25) is 0 Å². The number of fused-ring (bicyclic) bond motifs is 3. The minimum atomic E-state index is -0.133. The normalized spacial score (nSPS) is 10.8. The quantitative estimate of drug-likeness (QED) is 0.293. The molecule has 29 heavy (non-hydrogen) atoms. The number of benzene rings is 3. The Hall–Kier alpha value is -2.90. The lowest BCUT2D eigenvalue weighted by molar-refractivity contribution is -0.121. The van der Waals surface area contributed by atoms with Crippen LogP contribution >= 0.6 is 28.1 Å². The van der Waals surface area contributed by atoms with Crippen LogP contribution in [0.15, 0.2) is 77.3 Å². The summed E-state index contributed by atoms with van der Waals surface area (Å²) in [6.45, 7) is 0.578. The molecule has 0 aliphatic carbocycles. The van der Waals surface area contributed by atoms with Crippen molar-refractivity contribution in [1.82, 2.24) is 15.4 Å². The highest BCUT2D eigenvalue weighted by atomic mass is 79.9. The molecule has 5 nitrogen and oxygen atoms in total. The number of para-hydroxylation sites is 2. The number of aromatic nitrogens is 1. The highest BCUT2D eigenvalue weighted by Crippen LogP contribution is 2.28. The van der Waals surface area contributed by atoms with Crippen LogP contribution in [0.1, 0.15) is 6.42 Å². The fourth-order valence-corrected chi connectivity index (χ4v) is 3.78. The Morgan fingerprint density at radius 1 is 0.862 bits per heavy atom. The van der Waals surface area contributed by atoms with Crippen molar-refractivity contribution in [3.8, 4) is 0 Å². The van der Waals surface area contributed by atoms with Gasteiger partial charge in [0, 0.05) is 44.9 Å². The molecule has 1 amide bonds. The van der Waals surface area contributed by atoms with Gasteiger partial charge in [-0.05, 0) is 48.6 Å². The van der Waals surface area contributed by atoms with E-state index in [9.17, 15) is 4.79 Å². The molecule has 0 radical (unpaired) electrons. The van der Waals surface area contributed by atoms with E-state index in [1.165, 1.54) is 10.8 Å². The lowest BCUT2D eigenvalue weighted by Gasteiger charge is -2.12. The number of rotatable bonds is 4. The van der Waals surface area contributed by atoms with E-state index in [-0.39, 0.29) is 5.91 Å². The maximum absolute atomic E-state index is 12.3. The lowest BCUT2D eigenvalue weighted by Crippen LogP contribution is -2.43. The first-order valence-electron chi connectivity index (χ1n) is 9.19. The zero-order valence-corrected chi connectivity index (χ0v) is 17.9.